The number of hydrogen-bond donors (Lipinski definition) is 1. The Morgan fingerprint density at radius 3 is 2.33 bits per heavy atom. The van der Waals surface area contributed by atoms with E-state index in [9.17, 15) is 4.79 Å². The minimum Gasteiger partial charge on any atom is -0.353 e. The molecule has 0 saturated heterocycles. The monoisotopic (exact) mass is 251 g/mol. The smallest absolute Gasteiger partial charge is 0.237 e. The van der Waals surface area contributed by atoms with Crippen LogP contribution >= 0.6 is 0 Å². The minimum atomic E-state index is -0.536. The van der Waals surface area contributed by atoms with E-state index in [-0.39, 0.29) is 17.4 Å². The van der Waals surface area contributed by atoms with Gasteiger partial charge in [-0.15, -0.1) is 0 Å². The molecule has 4 heteroatoms. The SMILES string of the molecule is CC(C)C(C#N)C(=O)NCC1(N(C)C)CCCC1. The maximum Gasteiger partial charge on any atom is 0.237 e. The second-order valence-electron chi connectivity index (χ2n) is 5.89. The fraction of sp³-hybridized carbons (Fsp3) is 0.857. The third-order valence-electron chi connectivity index (χ3n) is 4.16. The molecule has 1 amide bonds. The third kappa shape index (κ3) is 3.23. The molecule has 1 fully saturated rings. The number of likely N-dealkylation sites (N-methyl/N-ethyl adjacent to an activating group) is 1. The fourth-order valence-electron chi connectivity index (χ4n) is 2.69. The molecule has 0 spiro atoms. The van der Waals surface area contributed by atoms with Crippen molar-refractivity contribution >= 4 is 5.91 Å². The highest BCUT2D eigenvalue weighted by molar-refractivity contribution is 5.81. The summed E-state index contributed by atoms with van der Waals surface area (Å²) < 4.78 is 0. The molecule has 1 saturated carbocycles. The molecule has 102 valence electrons. The first-order valence-electron chi connectivity index (χ1n) is 6.78. The zero-order valence-electron chi connectivity index (χ0n) is 12.0. The molecular weight excluding hydrogens is 226 g/mol. The van der Waals surface area contributed by atoms with E-state index < -0.39 is 5.92 Å². The van der Waals surface area contributed by atoms with Gasteiger partial charge in [0.15, 0.2) is 0 Å². The van der Waals surface area contributed by atoms with Gasteiger partial charge >= 0.3 is 0 Å². The van der Waals surface area contributed by atoms with Gasteiger partial charge in [-0.25, -0.2) is 0 Å². The minimum absolute atomic E-state index is 0.0638. The highest BCUT2D eigenvalue weighted by atomic mass is 16.1. The van der Waals surface area contributed by atoms with E-state index in [2.05, 4.69) is 30.4 Å². The van der Waals surface area contributed by atoms with Crippen molar-refractivity contribution in [1.29, 1.82) is 5.26 Å². The van der Waals surface area contributed by atoms with Crippen molar-refractivity contribution in [3.05, 3.63) is 0 Å². The molecule has 1 unspecified atom stereocenters. The molecule has 0 bridgehead atoms. The van der Waals surface area contributed by atoms with Gasteiger partial charge in [-0.2, -0.15) is 5.26 Å². The van der Waals surface area contributed by atoms with Crippen molar-refractivity contribution < 1.29 is 4.79 Å². The molecule has 0 aromatic heterocycles. The van der Waals surface area contributed by atoms with Crippen LogP contribution in [0, 0.1) is 23.2 Å². The van der Waals surface area contributed by atoms with Crippen molar-refractivity contribution in [2.24, 2.45) is 11.8 Å². The van der Waals surface area contributed by atoms with Gasteiger partial charge in [0.2, 0.25) is 5.91 Å². The molecule has 0 aromatic rings. The van der Waals surface area contributed by atoms with Crippen LogP contribution in [-0.4, -0.2) is 37.0 Å². The van der Waals surface area contributed by atoms with Gasteiger partial charge in [0.1, 0.15) is 5.92 Å². The Bertz CT molecular complexity index is 324. The molecule has 0 heterocycles. The van der Waals surface area contributed by atoms with Crippen molar-refractivity contribution in [2.75, 3.05) is 20.6 Å². The first-order chi connectivity index (χ1) is 8.43. The van der Waals surface area contributed by atoms with E-state index in [0.717, 1.165) is 12.8 Å². The zero-order valence-corrected chi connectivity index (χ0v) is 12.0. The Kier molecular flexibility index (Phi) is 5.15. The molecule has 1 N–H and O–H groups in total. The van der Waals surface area contributed by atoms with Gasteiger partial charge in [-0.1, -0.05) is 26.7 Å². The highest BCUT2D eigenvalue weighted by Gasteiger charge is 2.36. The van der Waals surface area contributed by atoms with Crippen molar-refractivity contribution in [3.8, 4) is 6.07 Å². The van der Waals surface area contributed by atoms with E-state index in [4.69, 9.17) is 5.26 Å². The number of nitrogens with one attached hydrogen (secondary N) is 1. The largest absolute Gasteiger partial charge is 0.353 e. The maximum absolute atomic E-state index is 12.0. The predicted octanol–water partition coefficient (Wildman–Crippen LogP) is 1.77. The number of carbonyl (C=O) groups is 1. The van der Waals surface area contributed by atoms with Crippen LogP contribution in [0.1, 0.15) is 39.5 Å². The summed E-state index contributed by atoms with van der Waals surface area (Å²) in [6.07, 6.45) is 4.69. The number of carbonyl (C=O) groups excluding carboxylic acids is 1. The normalized spacial score (nSPS) is 19.8. The van der Waals surface area contributed by atoms with Crippen LogP contribution in [0.3, 0.4) is 0 Å². The lowest BCUT2D eigenvalue weighted by Crippen LogP contribution is -2.51. The molecule has 0 aromatic carbocycles. The summed E-state index contributed by atoms with van der Waals surface area (Å²) in [5.41, 5.74) is 0.0899. The van der Waals surface area contributed by atoms with Crippen LogP contribution in [0.15, 0.2) is 0 Å². The quantitative estimate of drug-likeness (QED) is 0.810. The van der Waals surface area contributed by atoms with E-state index in [1.165, 1.54) is 12.8 Å². The van der Waals surface area contributed by atoms with Gasteiger partial charge in [0.25, 0.3) is 0 Å². The molecule has 4 nitrogen and oxygen atoms in total. The molecular formula is C14H25N3O. The lowest BCUT2D eigenvalue weighted by Gasteiger charge is -2.36. The Balaban J connectivity index is 2.58. The third-order valence-corrected chi connectivity index (χ3v) is 4.16. The average Bonchev–Trinajstić information content (AvgIpc) is 2.76. The second-order valence-corrected chi connectivity index (χ2v) is 5.89. The summed E-state index contributed by atoms with van der Waals surface area (Å²) in [6, 6.07) is 2.09. The Hall–Kier alpha value is -1.08. The Morgan fingerprint density at radius 1 is 1.39 bits per heavy atom. The van der Waals surface area contributed by atoms with Crippen molar-refractivity contribution in [2.45, 2.75) is 45.1 Å². The highest BCUT2D eigenvalue weighted by Crippen LogP contribution is 2.33. The van der Waals surface area contributed by atoms with Crippen LogP contribution in [0.2, 0.25) is 0 Å². The van der Waals surface area contributed by atoms with Crippen LogP contribution in [0.5, 0.6) is 0 Å². The van der Waals surface area contributed by atoms with Gasteiger partial charge in [0.05, 0.1) is 6.07 Å². The second kappa shape index (κ2) is 6.19. The topological polar surface area (TPSA) is 56.1 Å². The Morgan fingerprint density at radius 2 is 1.94 bits per heavy atom. The number of hydrogen-bond acceptors (Lipinski definition) is 3. The fourth-order valence-corrected chi connectivity index (χ4v) is 2.69. The summed E-state index contributed by atoms with van der Waals surface area (Å²) in [6.45, 7) is 4.47. The first-order valence-corrected chi connectivity index (χ1v) is 6.78. The average molecular weight is 251 g/mol. The summed E-state index contributed by atoms with van der Waals surface area (Å²) in [7, 11) is 4.14. The number of nitrogens with zero attached hydrogens (tertiary/aromatic N) is 2. The summed E-state index contributed by atoms with van der Waals surface area (Å²) >= 11 is 0. The molecule has 1 aliphatic carbocycles. The number of amides is 1. The van der Waals surface area contributed by atoms with Crippen LogP contribution in [-0.2, 0) is 4.79 Å². The van der Waals surface area contributed by atoms with Crippen molar-refractivity contribution in [3.63, 3.8) is 0 Å². The van der Waals surface area contributed by atoms with Crippen LogP contribution in [0.25, 0.3) is 0 Å². The van der Waals surface area contributed by atoms with E-state index in [0.29, 0.717) is 6.54 Å². The van der Waals surface area contributed by atoms with Gasteiger partial charge in [-0.3, -0.25) is 4.79 Å². The van der Waals surface area contributed by atoms with Gasteiger partial charge in [0, 0.05) is 12.1 Å². The van der Waals surface area contributed by atoms with Crippen LogP contribution < -0.4 is 5.32 Å². The molecule has 1 aliphatic rings. The van der Waals surface area contributed by atoms with Gasteiger partial charge < -0.3 is 10.2 Å². The van der Waals surface area contributed by atoms with E-state index in [1.54, 1.807) is 0 Å². The van der Waals surface area contributed by atoms with E-state index in [1.807, 2.05) is 13.8 Å². The summed E-state index contributed by atoms with van der Waals surface area (Å²) in [4.78, 5) is 14.2. The van der Waals surface area contributed by atoms with Gasteiger partial charge in [-0.05, 0) is 32.9 Å². The predicted molar refractivity (Wildman–Crippen MR) is 71.8 cm³/mol. The van der Waals surface area contributed by atoms with Crippen LogP contribution in [0.4, 0.5) is 0 Å². The van der Waals surface area contributed by atoms with E-state index >= 15 is 0 Å². The lowest BCUT2D eigenvalue weighted by molar-refractivity contribution is -0.125. The number of nitriles is 1. The Labute approximate surface area is 110 Å². The zero-order chi connectivity index (χ0) is 13.8. The maximum atomic E-state index is 12.0. The standard InChI is InChI=1S/C14H25N3O/c1-11(2)12(9-15)13(18)16-10-14(17(3)4)7-5-6-8-14/h11-12H,5-8,10H2,1-4H3,(H,16,18). The van der Waals surface area contributed by atoms with Crippen molar-refractivity contribution in [1.82, 2.24) is 10.2 Å². The summed E-state index contributed by atoms with van der Waals surface area (Å²) in [5.74, 6) is -0.597. The molecule has 0 aliphatic heterocycles. The molecule has 18 heavy (non-hydrogen) atoms. The molecule has 0 radical (unpaired) electrons. The number of rotatable bonds is 5. The molecule has 1 rings (SSSR count). The molecule has 1 atom stereocenters. The summed E-state index contributed by atoms with van der Waals surface area (Å²) in [5, 5.41) is 12.0. The first kappa shape index (κ1) is 15.0. The lowest BCUT2D eigenvalue weighted by atomic mass is 9.93.